The Morgan fingerprint density at radius 2 is 0.935 bits per heavy atom. The maximum atomic E-state index is 13.1. The zero-order valence-corrected chi connectivity index (χ0v) is 17.1. The molecule has 0 bridgehead atoms. The number of hydrogen-bond acceptors (Lipinski definition) is 2. The van der Waals surface area contributed by atoms with E-state index in [2.05, 4.69) is 6.58 Å². The van der Waals surface area contributed by atoms with E-state index < -0.39 is 5.97 Å². The van der Waals surface area contributed by atoms with E-state index in [-0.39, 0.29) is 0 Å². The second-order valence-corrected chi connectivity index (χ2v) is 7.03. The lowest BCUT2D eigenvalue weighted by Gasteiger charge is -2.18. The molecule has 0 fully saturated rings. The van der Waals surface area contributed by atoms with Crippen LogP contribution in [0.5, 0.6) is 5.75 Å². The van der Waals surface area contributed by atoms with E-state index in [9.17, 15) is 4.79 Å². The van der Waals surface area contributed by atoms with Gasteiger partial charge in [-0.25, -0.2) is 4.79 Å². The minimum atomic E-state index is -0.477. The molecule has 0 aliphatic rings. The third kappa shape index (κ3) is 4.71. The van der Waals surface area contributed by atoms with Gasteiger partial charge in [0, 0.05) is 5.57 Å². The van der Waals surface area contributed by atoms with Gasteiger partial charge in [-0.15, -0.1) is 0 Å². The number of para-hydroxylation sites is 1. The SMILES string of the molecule is C=C(C(=O)Oc1ccccc1)C(=C(c1ccccc1)c1ccccc1)c1ccccc1. The summed E-state index contributed by atoms with van der Waals surface area (Å²) in [6.07, 6.45) is 0. The number of carbonyl (C=O) groups excluding carboxylic acids is 1. The van der Waals surface area contributed by atoms with Crippen LogP contribution in [0.15, 0.2) is 133 Å². The van der Waals surface area contributed by atoms with Crippen LogP contribution in [0.4, 0.5) is 0 Å². The number of esters is 1. The number of ether oxygens (including phenoxy) is 1. The highest BCUT2D eigenvalue weighted by atomic mass is 16.5. The van der Waals surface area contributed by atoms with E-state index in [1.807, 2.05) is 109 Å². The molecule has 0 atom stereocenters. The van der Waals surface area contributed by atoms with Crippen LogP contribution in [0.2, 0.25) is 0 Å². The largest absolute Gasteiger partial charge is 0.423 e. The van der Waals surface area contributed by atoms with Crippen LogP contribution in [0.3, 0.4) is 0 Å². The van der Waals surface area contributed by atoms with Crippen molar-refractivity contribution in [2.45, 2.75) is 0 Å². The molecule has 4 aromatic carbocycles. The van der Waals surface area contributed by atoms with E-state index in [1.54, 1.807) is 12.1 Å². The van der Waals surface area contributed by atoms with Gasteiger partial charge in [-0.05, 0) is 34.4 Å². The average molecular weight is 402 g/mol. The van der Waals surface area contributed by atoms with Crippen LogP contribution >= 0.6 is 0 Å². The number of carbonyl (C=O) groups is 1. The fraction of sp³-hybridized carbons (Fsp3) is 0. The van der Waals surface area contributed by atoms with Crippen molar-refractivity contribution in [3.8, 4) is 5.75 Å². The maximum absolute atomic E-state index is 13.1. The number of benzene rings is 4. The van der Waals surface area contributed by atoms with Crippen molar-refractivity contribution in [1.29, 1.82) is 0 Å². The van der Waals surface area contributed by atoms with Gasteiger partial charge in [-0.3, -0.25) is 0 Å². The van der Waals surface area contributed by atoms with Gasteiger partial charge in [-0.2, -0.15) is 0 Å². The number of hydrogen-bond donors (Lipinski definition) is 0. The molecule has 2 nitrogen and oxygen atoms in total. The minimum Gasteiger partial charge on any atom is -0.423 e. The van der Waals surface area contributed by atoms with Gasteiger partial charge in [0.05, 0.1) is 5.57 Å². The van der Waals surface area contributed by atoms with Crippen molar-refractivity contribution in [3.05, 3.63) is 150 Å². The second-order valence-electron chi connectivity index (χ2n) is 7.03. The zero-order chi connectivity index (χ0) is 21.5. The lowest BCUT2D eigenvalue weighted by molar-refractivity contribution is -0.129. The average Bonchev–Trinajstić information content (AvgIpc) is 2.84. The first-order chi connectivity index (χ1) is 15.2. The van der Waals surface area contributed by atoms with Gasteiger partial charge >= 0.3 is 5.97 Å². The quantitative estimate of drug-likeness (QED) is 0.116. The summed E-state index contributed by atoms with van der Waals surface area (Å²) in [7, 11) is 0. The Bertz CT molecular complexity index is 1150. The van der Waals surface area contributed by atoms with Crippen molar-refractivity contribution < 1.29 is 9.53 Å². The predicted octanol–water partition coefficient (Wildman–Crippen LogP) is 6.81. The lowest BCUT2D eigenvalue weighted by Crippen LogP contribution is -2.13. The fourth-order valence-corrected chi connectivity index (χ4v) is 3.50. The first-order valence-electron chi connectivity index (χ1n) is 10.1. The van der Waals surface area contributed by atoms with Crippen LogP contribution in [0, 0.1) is 0 Å². The van der Waals surface area contributed by atoms with Crippen LogP contribution in [-0.2, 0) is 4.79 Å². The van der Waals surface area contributed by atoms with Gasteiger partial charge in [0.1, 0.15) is 5.75 Å². The molecule has 4 aromatic rings. The smallest absolute Gasteiger partial charge is 0.343 e. The van der Waals surface area contributed by atoms with Crippen molar-refractivity contribution in [2.24, 2.45) is 0 Å². The molecule has 0 amide bonds. The van der Waals surface area contributed by atoms with Crippen LogP contribution in [0.25, 0.3) is 11.1 Å². The molecule has 0 N–H and O–H groups in total. The Morgan fingerprint density at radius 3 is 1.39 bits per heavy atom. The van der Waals surface area contributed by atoms with Crippen molar-refractivity contribution in [3.63, 3.8) is 0 Å². The van der Waals surface area contributed by atoms with Crippen LogP contribution in [-0.4, -0.2) is 5.97 Å². The van der Waals surface area contributed by atoms with Crippen LogP contribution < -0.4 is 4.74 Å². The first kappa shape index (κ1) is 20.1. The minimum absolute atomic E-state index is 0.303. The summed E-state index contributed by atoms with van der Waals surface area (Å²) < 4.78 is 5.63. The topological polar surface area (TPSA) is 26.3 Å². The summed E-state index contributed by atoms with van der Waals surface area (Å²) in [6.45, 7) is 4.17. The Morgan fingerprint density at radius 1 is 0.548 bits per heavy atom. The summed E-state index contributed by atoms with van der Waals surface area (Å²) in [5.74, 6) is 0.0106. The zero-order valence-electron chi connectivity index (χ0n) is 17.1. The van der Waals surface area contributed by atoms with Gasteiger partial charge in [0.25, 0.3) is 0 Å². The molecule has 0 aromatic heterocycles. The Labute approximate surface area is 182 Å². The van der Waals surface area contributed by atoms with Gasteiger partial charge < -0.3 is 4.74 Å². The van der Waals surface area contributed by atoms with E-state index in [0.717, 1.165) is 27.8 Å². The van der Waals surface area contributed by atoms with E-state index in [1.165, 1.54) is 0 Å². The van der Waals surface area contributed by atoms with E-state index in [0.29, 0.717) is 11.3 Å². The summed E-state index contributed by atoms with van der Waals surface area (Å²) in [5.41, 5.74) is 4.89. The molecule has 0 saturated heterocycles. The summed E-state index contributed by atoms with van der Waals surface area (Å²) >= 11 is 0. The Kier molecular flexibility index (Phi) is 6.20. The predicted molar refractivity (Wildman–Crippen MR) is 126 cm³/mol. The molecule has 0 aliphatic carbocycles. The summed E-state index contributed by atoms with van der Waals surface area (Å²) in [5, 5.41) is 0. The van der Waals surface area contributed by atoms with Crippen molar-refractivity contribution in [1.82, 2.24) is 0 Å². The Hall–Kier alpha value is -4.17. The second kappa shape index (κ2) is 9.55. The molecule has 0 radical (unpaired) electrons. The van der Waals surface area contributed by atoms with Crippen molar-refractivity contribution >= 4 is 17.1 Å². The number of rotatable bonds is 6. The molecule has 0 aliphatic heterocycles. The van der Waals surface area contributed by atoms with Gasteiger partial charge in [0.15, 0.2) is 0 Å². The van der Waals surface area contributed by atoms with E-state index >= 15 is 0 Å². The first-order valence-corrected chi connectivity index (χ1v) is 10.1. The Balaban J connectivity index is 1.91. The van der Waals surface area contributed by atoms with Gasteiger partial charge in [0.2, 0.25) is 0 Å². The third-order valence-corrected chi connectivity index (χ3v) is 4.94. The van der Waals surface area contributed by atoms with E-state index in [4.69, 9.17) is 4.74 Å². The normalized spacial score (nSPS) is 10.2. The molecular weight excluding hydrogens is 380 g/mol. The molecule has 31 heavy (non-hydrogen) atoms. The molecule has 0 spiro atoms. The third-order valence-electron chi connectivity index (χ3n) is 4.94. The molecule has 0 heterocycles. The van der Waals surface area contributed by atoms with Gasteiger partial charge in [-0.1, -0.05) is 116 Å². The van der Waals surface area contributed by atoms with Crippen LogP contribution in [0.1, 0.15) is 16.7 Å². The highest BCUT2D eigenvalue weighted by Crippen LogP contribution is 2.36. The summed E-state index contributed by atoms with van der Waals surface area (Å²) in [6, 6.07) is 39.0. The molecule has 4 rings (SSSR count). The molecule has 150 valence electrons. The highest BCUT2D eigenvalue weighted by molar-refractivity contribution is 6.16. The molecule has 0 saturated carbocycles. The molecular formula is C29H22O2. The highest BCUT2D eigenvalue weighted by Gasteiger charge is 2.22. The maximum Gasteiger partial charge on any atom is 0.343 e. The molecule has 2 heteroatoms. The monoisotopic (exact) mass is 402 g/mol. The molecule has 0 unspecified atom stereocenters. The summed E-state index contributed by atoms with van der Waals surface area (Å²) in [4.78, 5) is 13.1. The lowest BCUT2D eigenvalue weighted by atomic mass is 9.86. The van der Waals surface area contributed by atoms with Crippen molar-refractivity contribution in [2.75, 3.05) is 0 Å². The fourth-order valence-electron chi connectivity index (χ4n) is 3.50. The standard InChI is InChI=1S/C29H22O2/c1-22(29(30)31-26-20-12-5-13-21-26)27(23-14-6-2-7-15-23)28(24-16-8-3-9-17-24)25-18-10-4-11-19-25/h2-21H,1H2.